The molecule has 0 aliphatic heterocycles. The lowest BCUT2D eigenvalue weighted by Crippen LogP contribution is -1.80. The summed E-state index contributed by atoms with van der Waals surface area (Å²) in [5, 5.41) is 8.21. The predicted molar refractivity (Wildman–Crippen MR) is 43.5 cm³/mol. The molecular weight excluding hydrogens is 155 g/mol. The summed E-state index contributed by atoms with van der Waals surface area (Å²) in [6, 6.07) is 4.86. The van der Waals surface area contributed by atoms with Gasteiger partial charge in [-0.25, -0.2) is 4.98 Å². The average Bonchev–Trinajstić information content (AvgIpc) is 2.09. The SMILES string of the molecule is N#CCC=Cc1ccc(F)nc1. The fourth-order valence-corrected chi connectivity index (χ4v) is 0.734. The number of nitrogens with zero attached hydrogens (tertiary/aromatic N) is 2. The van der Waals surface area contributed by atoms with E-state index in [-0.39, 0.29) is 0 Å². The van der Waals surface area contributed by atoms with Gasteiger partial charge in [-0.1, -0.05) is 12.2 Å². The second-order valence-corrected chi connectivity index (χ2v) is 2.18. The molecule has 0 saturated heterocycles. The quantitative estimate of drug-likeness (QED) is 0.624. The minimum absolute atomic E-state index is 0.359. The molecular formula is C9H7FN2. The second-order valence-electron chi connectivity index (χ2n) is 2.18. The molecule has 0 N–H and O–H groups in total. The molecule has 3 heteroatoms. The minimum Gasteiger partial charge on any atom is -0.228 e. The predicted octanol–water partition coefficient (Wildman–Crippen LogP) is 2.15. The maximum Gasteiger partial charge on any atom is 0.212 e. The van der Waals surface area contributed by atoms with Crippen molar-refractivity contribution in [2.75, 3.05) is 0 Å². The minimum atomic E-state index is -0.493. The molecule has 12 heavy (non-hydrogen) atoms. The van der Waals surface area contributed by atoms with E-state index in [1.807, 2.05) is 6.07 Å². The number of hydrogen-bond acceptors (Lipinski definition) is 2. The van der Waals surface area contributed by atoms with E-state index in [1.165, 1.54) is 12.3 Å². The molecule has 60 valence electrons. The van der Waals surface area contributed by atoms with Crippen LogP contribution in [0.5, 0.6) is 0 Å². The van der Waals surface area contributed by atoms with Crippen molar-refractivity contribution in [3.05, 3.63) is 35.9 Å². The summed E-state index contributed by atoms with van der Waals surface area (Å²) >= 11 is 0. The highest BCUT2D eigenvalue weighted by Gasteiger charge is 1.88. The van der Waals surface area contributed by atoms with Crippen molar-refractivity contribution in [1.82, 2.24) is 4.98 Å². The van der Waals surface area contributed by atoms with Crippen LogP contribution in [0.15, 0.2) is 24.4 Å². The van der Waals surface area contributed by atoms with Crippen molar-refractivity contribution in [2.45, 2.75) is 6.42 Å². The third-order valence-corrected chi connectivity index (χ3v) is 1.27. The summed E-state index contributed by atoms with van der Waals surface area (Å²) in [6.45, 7) is 0. The zero-order chi connectivity index (χ0) is 8.81. The summed E-state index contributed by atoms with van der Waals surface area (Å²) in [5.41, 5.74) is 0.798. The van der Waals surface area contributed by atoms with Crippen LogP contribution in [0.25, 0.3) is 6.08 Å². The Kier molecular flexibility index (Phi) is 2.97. The maximum absolute atomic E-state index is 12.3. The van der Waals surface area contributed by atoms with Gasteiger partial charge in [0.05, 0.1) is 12.5 Å². The van der Waals surface area contributed by atoms with Gasteiger partial charge in [0.25, 0.3) is 0 Å². The Morgan fingerprint density at radius 1 is 1.58 bits per heavy atom. The number of pyridine rings is 1. The Labute approximate surface area is 70.0 Å². The lowest BCUT2D eigenvalue weighted by molar-refractivity contribution is 0.583. The van der Waals surface area contributed by atoms with Gasteiger partial charge in [0, 0.05) is 6.20 Å². The normalized spacial score (nSPS) is 10.0. The van der Waals surface area contributed by atoms with E-state index in [4.69, 9.17) is 5.26 Å². The fraction of sp³-hybridized carbons (Fsp3) is 0.111. The summed E-state index contributed by atoms with van der Waals surface area (Å²) in [5.74, 6) is -0.493. The molecule has 0 bridgehead atoms. The van der Waals surface area contributed by atoms with Crippen molar-refractivity contribution < 1.29 is 4.39 Å². The molecule has 0 atom stereocenters. The molecule has 0 fully saturated rings. The molecule has 1 rings (SSSR count). The highest BCUT2D eigenvalue weighted by atomic mass is 19.1. The highest BCUT2D eigenvalue weighted by molar-refractivity contribution is 5.47. The molecule has 0 aliphatic rings. The Hall–Kier alpha value is -1.69. The third-order valence-electron chi connectivity index (χ3n) is 1.27. The van der Waals surface area contributed by atoms with Gasteiger partial charge in [0.2, 0.25) is 5.95 Å². The lowest BCUT2D eigenvalue weighted by Gasteiger charge is -1.89. The van der Waals surface area contributed by atoms with Crippen molar-refractivity contribution in [2.24, 2.45) is 0 Å². The zero-order valence-corrected chi connectivity index (χ0v) is 6.37. The van der Waals surface area contributed by atoms with Crippen LogP contribution >= 0.6 is 0 Å². The Morgan fingerprint density at radius 3 is 3.00 bits per heavy atom. The average molecular weight is 162 g/mol. The summed E-state index contributed by atoms with van der Waals surface area (Å²) in [7, 11) is 0. The molecule has 0 amide bonds. The first-order chi connectivity index (χ1) is 5.83. The van der Waals surface area contributed by atoms with Gasteiger partial charge in [0.15, 0.2) is 0 Å². The molecule has 1 aromatic heterocycles. The number of hydrogen-bond donors (Lipinski definition) is 0. The van der Waals surface area contributed by atoms with Gasteiger partial charge in [0.1, 0.15) is 0 Å². The van der Waals surface area contributed by atoms with Crippen molar-refractivity contribution in [3.63, 3.8) is 0 Å². The zero-order valence-electron chi connectivity index (χ0n) is 6.37. The van der Waals surface area contributed by atoms with E-state index in [0.29, 0.717) is 6.42 Å². The van der Waals surface area contributed by atoms with Gasteiger partial charge in [-0.2, -0.15) is 9.65 Å². The number of rotatable bonds is 2. The number of aromatic nitrogens is 1. The van der Waals surface area contributed by atoms with Crippen LogP contribution in [-0.2, 0) is 0 Å². The van der Waals surface area contributed by atoms with Gasteiger partial charge < -0.3 is 0 Å². The molecule has 0 radical (unpaired) electrons. The summed E-state index contributed by atoms with van der Waals surface area (Å²) in [4.78, 5) is 3.46. The smallest absolute Gasteiger partial charge is 0.212 e. The molecule has 0 spiro atoms. The topological polar surface area (TPSA) is 36.7 Å². The lowest BCUT2D eigenvalue weighted by atomic mass is 10.2. The second kappa shape index (κ2) is 4.24. The van der Waals surface area contributed by atoms with Gasteiger partial charge in [-0.3, -0.25) is 0 Å². The Balaban J connectivity index is 2.66. The molecule has 1 heterocycles. The molecule has 0 aromatic carbocycles. The largest absolute Gasteiger partial charge is 0.228 e. The van der Waals surface area contributed by atoms with Gasteiger partial charge >= 0.3 is 0 Å². The first-order valence-electron chi connectivity index (χ1n) is 3.48. The van der Waals surface area contributed by atoms with E-state index in [1.54, 1.807) is 18.2 Å². The first-order valence-corrected chi connectivity index (χ1v) is 3.48. The van der Waals surface area contributed by atoms with Crippen LogP contribution in [0.4, 0.5) is 4.39 Å². The summed E-state index contributed by atoms with van der Waals surface area (Å²) < 4.78 is 12.3. The van der Waals surface area contributed by atoms with Crippen molar-refractivity contribution in [1.29, 1.82) is 5.26 Å². The Bertz CT molecular complexity index is 308. The number of halogens is 1. The summed E-state index contributed by atoms with van der Waals surface area (Å²) in [6.07, 6.45) is 5.21. The maximum atomic E-state index is 12.3. The highest BCUT2D eigenvalue weighted by Crippen LogP contribution is 2.01. The third kappa shape index (κ3) is 2.51. The van der Waals surface area contributed by atoms with E-state index >= 15 is 0 Å². The van der Waals surface area contributed by atoms with E-state index < -0.39 is 5.95 Å². The number of nitriles is 1. The van der Waals surface area contributed by atoms with Crippen LogP contribution in [0, 0.1) is 17.3 Å². The molecule has 2 nitrogen and oxygen atoms in total. The van der Waals surface area contributed by atoms with Crippen molar-refractivity contribution in [3.8, 4) is 6.07 Å². The van der Waals surface area contributed by atoms with Crippen LogP contribution in [-0.4, -0.2) is 4.98 Å². The standard InChI is InChI=1S/C9H7FN2/c10-9-5-4-8(7-12-9)3-1-2-6-11/h1,3-5,7H,2H2. The van der Waals surface area contributed by atoms with Crippen LogP contribution in [0.1, 0.15) is 12.0 Å². The van der Waals surface area contributed by atoms with Crippen LogP contribution in [0.3, 0.4) is 0 Å². The van der Waals surface area contributed by atoms with E-state index in [9.17, 15) is 4.39 Å². The van der Waals surface area contributed by atoms with E-state index in [0.717, 1.165) is 5.56 Å². The molecule has 1 aromatic rings. The van der Waals surface area contributed by atoms with Crippen molar-refractivity contribution >= 4 is 6.08 Å². The van der Waals surface area contributed by atoms with E-state index in [2.05, 4.69) is 4.98 Å². The fourth-order valence-electron chi connectivity index (χ4n) is 0.734. The number of allylic oxidation sites excluding steroid dienone is 1. The van der Waals surface area contributed by atoms with Crippen LogP contribution in [0.2, 0.25) is 0 Å². The molecule has 0 saturated carbocycles. The Morgan fingerprint density at radius 2 is 2.42 bits per heavy atom. The monoisotopic (exact) mass is 162 g/mol. The van der Waals surface area contributed by atoms with Gasteiger partial charge in [-0.15, -0.1) is 0 Å². The molecule has 0 unspecified atom stereocenters. The first kappa shape index (κ1) is 8.41. The molecule has 0 aliphatic carbocycles. The van der Waals surface area contributed by atoms with Crippen LogP contribution < -0.4 is 0 Å². The van der Waals surface area contributed by atoms with Gasteiger partial charge in [-0.05, 0) is 17.7 Å².